The second-order valence-corrected chi connectivity index (χ2v) is 2.95. The van der Waals surface area contributed by atoms with E-state index in [1.165, 1.54) is 16.8 Å². The van der Waals surface area contributed by atoms with Crippen molar-refractivity contribution < 1.29 is 0 Å². The molecule has 0 aliphatic heterocycles. The van der Waals surface area contributed by atoms with Crippen molar-refractivity contribution in [2.45, 2.75) is 0 Å². The summed E-state index contributed by atoms with van der Waals surface area (Å²) < 4.78 is 1.44. The van der Waals surface area contributed by atoms with Crippen LogP contribution in [-0.2, 0) is 0 Å². The Labute approximate surface area is 86.1 Å². The van der Waals surface area contributed by atoms with Crippen molar-refractivity contribution in [1.29, 1.82) is 5.26 Å². The van der Waals surface area contributed by atoms with Crippen molar-refractivity contribution in [2.24, 2.45) is 0 Å². The van der Waals surface area contributed by atoms with E-state index in [-0.39, 0.29) is 5.56 Å². The Morgan fingerprint density at radius 2 is 2.20 bits per heavy atom. The van der Waals surface area contributed by atoms with Gasteiger partial charge in [-0.1, -0.05) is 6.07 Å². The molecule has 0 aliphatic carbocycles. The lowest BCUT2D eigenvalue weighted by atomic mass is 10.3. The van der Waals surface area contributed by atoms with Crippen LogP contribution in [0.1, 0.15) is 5.56 Å². The molecule has 0 atom stereocenters. The molecule has 0 radical (unpaired) electrons. The van der Waals surface area contributed by atoms with Crippen molar-refractivity contribution in [2.75, 3.05) is 0 Å². The van der Waals surface area contributed by atoms with Crippen LogP contribution in [0.25, 0.3) is 5.69 Å². The fraction of sp³-hybridized carbons (Fsp3) is 0. The Bertz CT molecular complexity index is 581. The molecule has 0 spiro atoms. The van der Waals surface area contributed by atoms with Crippen molar-refractivity contribution in [3.8, 4) is 11.8 Å². The third kappa shape index (κ3) is 1.76. The van der Waals surface area contributed by atoms with Gasteiger partial charge in [0.05, 0.1) is 17.4 Å². The molecule has 0 saturated heterocycles. The van der Waals surface area contributed by atoms with E-state index in [0.29, 0.717) is 11.3 Å². The van der Waals surface area contributed by atoms with Gasteiger partial charge >= 0.3 is 0 Å². The number of hydrogen-bond donors (Lipinski definition) is 0. The topological polar surface area (TPSA) is 58.7 Å². The molecule has 4 nitrogen and oxygen atoms in total. The zero-order chi connectivity index (χ0) is 10.7. The van der Waals surface area contributed by atoms with Gasteiger partial charge in [0, 0.05) is 18.5 Å². The molecule has 2 aromatic heterocycles. The Morgan fingerprint density at radius 1 is 1.33 bits per heavy atom. The monoisotopic (exact) mass is 197 g/mol. The minimum absolute atomic E-state index is 0.144. The molecule has 15 heavy (non-hydrogen) atoms. The van der Waals surface area contributed by atoms with Crippen molar-refractivity contribution in [3.63, 3.8) is 0 Å². The van der Waals surface area contributed by atoms with Gasteiger partial charge in [-0.05, 0) is 12.1 Å². The number of hydrogen-bond acceptors (Lipinski definition) is 3. The summed E-state index contributed by atoms with van der Waals surface area (Å²) in [4.78, 5) is 15.4. The predicted octanol–water partition coefficient (Wildman–Crippen LogP) is 1.10. The van der Waals surface area contributed by atoms with Crippen LogP contribution in [0.15, 0.2) is 47.7 Å². The van der Waals surface area contributed by atoms with Gasteiger partial charge in [0.25, 0.3) is 5.56 Å². The van der Waals surface area contributed by atoms with Crippen LogP contribution in [0.4, 0.5) is 0 Å². The van der Waals surface area contributed by atoms with E-state index in [9.17, 15) is 4.79 Å². The molecule has 4 heteroatoms. The summed E-state index contributed by atoms with van der Waals surface area (Å²) in [5, 5.41) is 8.70. The molecule has 0 aliphatic rings. The second-order valence-electron chi connectivity index (χ2n) is 2.95. The van der Waals surface area contributed by atoms with Gasteiger partial charge in [0.2, 0.25) is 0 Å². The number of nitriles is 1. The fourth-order valence-electron chi connectivity index (χ4n) is 1.26. The van der Waals surface area contributed by atoms with Gasteiger partial charge in [0.1, 0.15) is 6.07 Å². The molecule has 0 N–H and O–H groups in total. The number of pyridine rings is 2. The van der Waals surface area contributed by atoms with Crippen LogP contribution in [0.5, 0.6) is 0 Å². The van der Waals surface area contributed by atoms with Crippen LogP contribution < -0.4 is 5.56 Å². The van der Waals surface area contributed by atoms with Crippen LogP contribution in [-0.4, -0.2) is 9.55 Å². The summed E-state index contributed by atoms with van der Waals surface area (Å²) in [6, 6.07) is 8.47. The maximum Gasteiger partial charge on any atom is 0.255 e. The van der Waals surface area contributed by atoms with Gasteiger partial charge < -0.3 is 0 Å². The lowest BCUT2D eigenvalue weighted by molar-refractivity contribution is 0.977. The highest BCUT2D eigenvalue weighted by molar-refractivity contribution is 5.37. The summed E-state index contributed by atoms with van der Waals surface area (Å²) in [6.07, 6.45) is 4.64. The molecule has 0 unspecified atom stereocenters. The number of aromatic nitrogens is 2. The summed E-state index contributed by atoms with van der Waals surface area (Å²) in [6.45, 7) is 0. The van der Waals surface area contributed by atoms with E-state index in [1.807, 2.05) is 6.07 Å². The molecular weight excluding hydrogens is 190 g/mol. The highest BCUT2D eigenvalue weighted by Crippen LogP contribution is 2.04. The van der Waals surface area contributed by atoms with E-state index in [1.54, 1.807) is 30.6 Å². The van der Waals surface area contributed by atoms with Crippen LogP contribution in [0.2, 0.25) is 0 Å². The number of rotatable bonds is 1. The van der Waals surface area contributed by atoms with E-state index >= 15 is 0 Å². The normalized spacial score (nSPS) is 9.53. The lowest BCUT2D eigenvalue weighted by Crippen LogP contribution is -2.15. The van der Waals surface area contributed by atoms with Gasteiger partial charge in [-0.15, -0.1) is 0 Å². The zero-order valence-corrected chi connectivity index (χ0v) is 7.79. The molecular formula is C11H7N3O. The SMILES string of the molecule is N#Cc1cncc(-n2ccccc2=O)c1. The van der Waals surface area contributed by atoms with E-state index in [0.717, 1.165) is 0 Å². The smallest absolute Gasteiger partial charge is 0.255 e. The third-order valence-corrected chi connectivity index (χ3v) is 1.95. The maximum atomic E-state index is 11.5. The first-order valence-corrected chi connectivity index (χ1v) is 4.34. The van der Waals surface area contributed by atoms with Gasteiger partial charge in [-0.25, -0.2) is 0 Å². The Balaban J connectivity index is 2.61. The Kier molecular flexibility index (Phi) is 2.30. The summed E-state index contributed by atoms with van der Waals surface area (Å²) in [7, 11) is 0. The minimum atomic E-state index is -0.144. The third-order valence-electron chi connectivity index (χ3n) is 1.95. The standard InChI is InChI=1S/C11H7N3O/c12-6-9-5-10(8-13-7-9)14-4-2-1-3-11(14)15/h1-5,7-8H. The fourth-order valence-corrected chi connectivity index (χ4v) is 1.26. The highest BCUT2D eigenvalue weighted by Gasteiger charge is 1.99. The van der Waals surface area contributed by atoms with Crippen molar-refractivity contribution in [3.05, 3.63) is 58.8 Å². The molecule has 2 rings (SSSR count). The minimum Gasteiger partial charge on any atom is -0.283 e. The predicted molar refractivity (Wildman–Crippen MR) is 54.5 cm³/mol. The molecule has 2 heterocycles. The van der Waals surface area contributed by atoms with Crippen molar-refractivity contribution in [1.82, 2.24) is 9.55 Å². The van der Waals surface area contributed by atoms with Gasteiger partial charge in [-0.3, -0.25) is 14.3 Å². The average molecular weight is 197 g/mol. The molecule has 72 valence electrons. The van der Waals surface area contributed by atoms with Crippen LogP contribution in [0.3, 0.4) is 0 Å². The van der Waals surface area contributed by atoms with E-state index < -0.39 is 0 Å². The van der Waals surface area contributed by atoms with Gasteiger partial charge in [-0.2, -0.15) is 5.26 Å². The molecule has 2 aromatic rings. The first-order valence-electron chi connectivity index (χ1n) is 4.34. The van der Waals surface area contributed by atoms with Gasteiger partial charge in [0.15, 0.2) is 0 Å². The first-order chi connectivity index (χ1) is 7.31. The second kappa shape index (κ2) is 3.76. The molecule has 0 aromatic carbocycles. The quantitative estimate of drug-likeness (QED) is 0.687. The van der Waals surface area contributed by atoms with Crippen molar-refractivity contribution >= 4 is 0 Å². The average Bonchev–Trinajstić information content (AvgIpc) is 2.30. The molecule has 0 fully saturated rings. The Morgan fingerprint density at radius 3 is 2.93 bits per heavy atom. The molecule has 0 saturated carbocycles. The first kappa shape index (κ1) is 9.16. The lowest BCUT2D eigenvalue weighted by Gasteiger charge is -2.03. The Hall–Kier alpha value is -2.41. The van der Waals surface area contributed by atoms with Crippen LogP contribution in [0, 0.1) is 11.3 Å². The summed E-state index contributed by atoms with van der Waals surface area (Å²) in [5.41, 5.74) is 0.886. The summed E-state index contributed by atoms with van der Waals surface area (Å²) in [5.74, 6) is 0. The van der Waals surface area contributed by atoms with E-state index in [2.05, 4.69) is 4.98 Å². The largest absolute Gasteiger partial charge is 0.283 e. The number of nitrogens with zero attached hydrogens (tertiary/aromatic N) is 3. The molecule has 0 bridgehead atoms. The van der Waals surface area contributed by atoms with Crippen LogP contribution >= 0.6 is 0 Å². The molecule has 0 amide bonds. The highest BCUT2D eigenvalue weighted by atomic mass is 16.1. The maximum absolute atomic E-state index is 11.5. The summed E-state index contributed by atoms with van der Waals surface area (Å²) >= 11 is 0. The van der Waals surface area contributed by atoms with E-state index in [4.69, 9.17) is 5.26 Å². The zero-order valence-electron chi connectivity index (χ0n) is 7.79.